The number of ether oxygens (including phenoxy) is 2. The fraction of sp³-hybridized carbons (Fsp3) is 0.864. The third-order valence-corrected chi connectivity index (χ3v) is 6.03. The summed E-state index contributed by atoms with van der Waals surface area (Å²) in [6, 6.07) is 0. The summed E-state index contributed by atoms with van der Waals surface area (Å²) in [5.41, 5.74) is 0. The molecule has 1 N–H and O–H groups in total. The molecule has 3 unspecified atom stereocenters. The van der Waals surface area contributed by atoms with Gasteiger partial charge in [-0.1, -0.05) is 39.0 Å². The number of rotatable bonds is 19. The molecule has 0 saturated carbocycles. The van der Waals surface area contributed by atoms with E-state index in [2.05, 4.69) is 6.92 Å². The smallest absolute Gasteiger partial charge is 0.316 e. The third kappa shape index (κ3) is 16.4. The van der Waals surface area contributed by atoms with Gasteiger partial charge in [0.2, 0.25) is 0 Å². The second-order valence-corrected chi connectivity index (χ2v) is 9.08. The number of methoxy groups -OCH3 is 1. The lowest BCUT2D eigenvalue weighted by Crippen LogP contribution is -2.24. The van der Waals surface area contributed by atoms with Crippen molar-refractivity contribution < 1.29 is 29.0 Å². The Morgan fingerprint density at radius 2 is 1.55 bits per heavy atom. The number of carboxylic acids is 1. The van der Waals surface area contributed by atoms with Crippen LogP contribution in [0.15, 0.2) is 0 Å². The first-order chi connectivity index (χ1) is 13.8. The topological polar surface area (TPSA) is 89.9 Å². The van der Waals surface area contributed by atoms with Gasteiger partial charge in [-0.3, -0.25) is 14.4 Å². The van der Waals surface area contributed by atoms with E-state index in [-0.39, 0.29) is 42.1 Å². The number of hydrogen-bond acceptors (Lipinski definition) is 6. The van der Waals surface area contributed by atoms with Crippen LogP contribution < -0.4 is 0 Å². The van der Waals surface area contributed by atoms with E-state index >= 15 is 0 Å². The van der Waals surface area contributed by atoms with E-state index in [0.29, 0.717) is 0 Å². The lowest BCUT2D eigenvalue weighted by Gasteiger charge is -2.19. The van der Waals surface area contributed by atoms with E-state index < -0.39 is 5.97 Å². The van der Waals surface area contributed by atoms with Crippen LogP contribution in [0.3, 0.4) is 0 Å². The summed E-state index contributed by atoms with van der Waals surface area (Å²) in [4.78, 5) is 34.4. The van der Waals surface area contributed by atoms with E-state index in [1.807, 2.05) is 0 Å². The maximum absolute atomic E-state index is 12.3. The van der Waals surface area contributed by atoms with Gasteiger partial charge in [-0.2, -0.15) is 0 Å². The molecular weight excluding hydrogens is 392 g/mol. The lowest BCUT2D eigenvalue weighted by molar-refractivity contribution is -0.153. The first-order valence-corrected chi connectivity index (χ1v) is 11.9. The molecule has 0 spiro atoms. The lowest BCUT2D eigenvalue weighted by atomic mass is 10.1. The molecule has 0 radical (unpaired) electrons. The van der Waals surface area contributed by atoms with E-state index in [1.165, 1.54) is 18.7 Å². The van der Waals surface area contributed by atoms with Gasteiger partial charge in [0.15, 0.2) is 0 Å². The Balaban J connectivity index is 4.07. The summed E-state index contributed by atoms with van der Waals surface area (Å²) in [5, 5.41) is 8.49. The highest BCUT2D eigenvalue weighted by Gasteiger charge is 2.20. The Kier molecular flexibility index (Phi) is 17.1. The molecular formula is C22H40O6S. The molecule has 0 aromatic heterocycles. The van der Waals surface area contributed by atoms with Gasteiger partial charge in [0, 0.05) is 13.5 Å². The highest BCUT2D eigenvalue weighted by atomic mass is 32.2. The molecule has 0 aliphatic heterocycles. The second-order valence-electron chi connectivity index (χ2n) is 7.63. The van der Waals surface area contributed by atoms with E-state index in [1.54, 1.807) is 14.0 Å². The van der Waals surface area contributed by atoms with Crippen molar-refractivity contribution in [3.05, 3.63) is 0 Å². The zero-order chi connectivity index (χ0) is 22.1. The Morgan fingerprint density at radius 1 is 0.931 bits per heavy atom. The van der Waals surface area contributed by atoms with Crippen molar-refractivity contribution in [3.8, 4) is 0 Å². The van der Waals surface area contributed by atoms with Crippen LogP contribution >= 0.6 is 11.8 Å². The predicted octanol–water partition coefficient (Wildman–Crippen LogP) is 5.02. The normalized spacial score (nSPS) is 14.2. The summed E-state index contributed by atoms with van der Waals surface area (Å²) < 4.78 is 11.0. The van der Waals surface area contributed by atoms with E-state index in [4.69, 9.17) is 14.6 Å². The number of carboxylic acid groups (broad SMARTS) is 1. The second kappa shape index (κ2) is 17.8. The van der Waals surface area contributed by atoms with Crippen molar-refractivity contribution >= 4 is 29.5 Å². The molecule has 0 rings (SSSR count). The summed E-state index contributed by atoms with van der Waals surface area (Å²) in [5.74, 6) is -0.166. The van der Waals surface area contributed by atoms with Gasteiger partial charge < -0.3 is 14.6 Å². The number of thioether (sulfide) groups is 1. The Bertz CT molecular complexity index is 468. The highest BCUT2D eigenvalue weighted by molar-refractivity contribution is 8.00. The summed E-state index contributed by atoms with van der Waals surface area (Å²) in [6.45, 7) is 5.35. The maximum Gasteiger partial charge on any atom is 0.316 e. The van der Waals surface area contributed by atoms with Gasteiger partial charge in [0.1, 0.15) is 11.9 Å². The highest BCUT2D eigenvalue weighted by Crippen LogP contribution is 2.17. The molecule has 0 heterocycles. The standard InChI is InChI=1S/C22H40O6S/c1-5-6-9-13-20(15-17(2)23)28-21(24)16-19(27-4)12-10-7-8-11-14-29-18(3)22(25)26/h18-20H,5-16H2,1-4H3,(H,25,26). The van der Waals surface area contributed by atoms with Crippen molar-refractivity contribution in [2.24, 2.45) is 0 Å². The average Bonchev–Trinajstić information content (AvgIpc) is 2.65. The number of carbonyl (C=O) groups excluding carboxylic acids is 2. The number of ketones is 1. The van der Waals surface area contributed by atoms with Crippen molar-refractivity contribution in [3.63, 3.8) is 0 Å². The van der Waals surface area contributed by atoms with Crippen LogP contribution in [0.4, 0.5) is 0 Å². The minimum atomic E-state index is -0.763. The molecule has 6 nitrogen and oxygen atoms in total. The molecule has 7 heteroatoms. The van der Waals surface area contributed by atoms with Gasteiger partial charge in [-0.05, 0) is 45.3 Å². The van der Waals surface area contributed by atoms with Crippen molar-refractivity contribution in [2.75, 3.05) is 12.9 Å². The first kappa shape index (κ1) is 27.9. The molecule has 0 aromatic carbocycles. The number of Topliss-reactive ketones (excluding diaryl/α,β-unsaturated/α-hetero) is 1. The number of carbonyl (C=O) groups is 3. The third-order valence-electron chi connectivity index (χ3n) is 4.81. The fourth-order valence-corrected chi connectivity index (χ4v) is 3.89. The van der Waals surface area contributed by atoms with Crippen LogP contribution in [0.1, 0.15) is 91.4 Å². The van der Waals surface area contributed by atoms with Crippen LogP contribution in [-0.4, -0.2) is 53.1 Å². The fourth-order valence-electron chi connectivity index (χ4n) is 3.03. The summed E-state index contributed by atoms with van der Waals surface area (Å²) in [7, 11) is 1.61. The average molecular weight is 433 g/mol. The van der Waals surface area contributed by atoms with Crippen LogP contribution in [-0.2, 0) is 23.9 Å². The van der Waals surface area contributed by atoms with Gasteiger partial charge >= 0.3 is 11.9 Å². The molecule has 0 aliphatic carbocycles. The van der Waals surface area contributed by atoms with Crippen LogP contribution in [0, 0.1) is 0 Å². The predicted molar refractivity (Wildman–Crippen MR) is 117 cm³/mol. The quantitative estimate of drug-likeness (QED) is 0.226. The monoisotopic (exact) mass is 432 g/mol. The SMILES string of the molecule is CCCCCC(CC(C)=O)OC(=O)CC(CCCCCCSC(C)C(=O)O)OC. The minimum absolute atomic E-state index is 0.0403. The van der Waals surface area contributed by atoms with Gasteiger partial charge in [-0.15, -0.1) is 11.8 Å². The molecule has 0 saturated heterocycles. The van der Waals surface area contributed by atoms with E-state index in [9.17, 15) is 14.4 Å². The molecule has 0 bridgehead atoms. The van der Waals surface area contributed by atoms with E-state index in [0.717, 1.165) is 63.5 Å². The number of aliphatic carboxylic acids is 1. The Labute approximate surface area is 180 Å². The number of unbranched alkanes of at least 4 members (excludes halogenated alkanes) is 5. The van der Waals surface area contributed by atoms with Gasteiger partial charge in [0.05, 0.1) is 17.8 Å². The zero-order valence-corrected chi connectivity index (χ0v) is 19.4. The molecule has 0 fully saturated rings. The van der Waals surface area contributed by atoms with Crippen molar-refractivity contribution in [2.45, 2.75) is 109 Å². The van der Waals surface area contributed by atoms with Crippen LogP contribution in [0.5, 0.6) is 0 Å². The summed E-state index contributed by atoms with van der Waals surface area (Å²) in [6.07, 6.45) is 8.66. The van der Waals surface area contributed by atoms with Gasteiger partial charge in [0.25, 0.3) is 0 Å². The Hall–Kier alpha value is -1.08. The molecule has 0 aromatic rings. The molecule has 29 heavy (non-hydrogen) atoms. The maximum atomic E-state index is 12.3. The first-order valence-electron chi connectivity index (χ1n) is 10.9. The molecule has 0 amide bonds. The number of hydrogen-bond donors (Lipinski definition) is 1. The van der Waals surface area contributed by atoms with Crippen molar-refractivity contribution in [1.29, 1.82) is 0 Å². The minimum Gasteiger partial charge on any atom is -0.480 e. The van der Waals surface area contributed by atoms with Crippen molar-refractivity contribution in [1.82, 2.24) is 0 Å². The molecule has 170 valence electrons. The van der Waals surface area contributed by atoms with Gasteiger partial charge in [-0.25, -0.2) is 0 Å². The van der Waals surface area contributed by atoms with Crippen LogP contribution in [0.2, 0.25) is 0 Å². The largest absolute Gasteiger partial charge is 0.480 e. The van der Waals surface area contributed by atoms with Crippen LogP contribution in [0.25, 0.3) is 0 Å². The zero-order valence-electron chi connectivity index (χ0n) is 18.6. The molecule has 3 atom stereocenters. The number of esters is 1. The summed E-state index contributed by atoms with van der Waals surface area (Å²) >= 11 is 1.47. The Morgan fingerprint density at radius 3 is 2.14 bits per heavy atom. The molecule has 0 aliphatic rings.